The number of aromatic nitrogens is 3. The minimum atomic E-state index is 0.439. The second-order valence-corrected chi connectivity index (χ2v) is 8.65. The Morgan fingerprint density at radius 1 is 1.14 bits per heavy atom. The fourth-order valence-corrected chi connectivity index (χ4v) is 5.06. The van der Waals surface area contributed by atoms with E-state index in [1.165, 1.54) is 57.1 Å². The standard InChI is InChI=1S/C25H30N4/c1-4-16-14-28-25-23(16)19(9-12-27-25)24-22(15(2)3)20-13-18(5-6-21(20)29-24)17-7-10-26-11-8-17/h5-6,9,12-15,17,26,29H,4,7-8,10-11H2,1-3H3,(H,27,28). The summed E-state index contributed by atoms with van der Waals surface area (Å²) in [7, 11) is 0. The second-order valence-electron chi connectivity index (χ2n) is 8.65. The number of nitrogens with zero attached hydrogens (tertiary/aromatic N) is 1. The SMILES string of the molecule is CCc1c[nH]c2nccc(-c3[nH]c4ccc(C5CCNCC5)cc4c3C(C)C)c12. The number of rotatable bonds is 4. The number of hydrogen-bond acceptors (Lipinski definition) is 2. The average molecular weight is 387 g/mol. The molecule has 4 aromatic rings. The summed E-state index contributed by atoms with van der Waals surface area (Å²) in [5, 5.41) is 6.12. The Morgan fingerprint density at radius 3 is 2.72 bits per heavy atom. The van der Waals surface area contributed by atoms with Gasteiger partial charge in [-0.25, -0.2) is 4.98 Å². The second kappa shape index (κ2) is 7.34. The van der Waals surface area contributed by atoms with Gasteiger partial charge in [-0.1, -0.05) is 26.8 Å². The van der Waals surface area contributed by atoms with Gasteiger partial charge in [-0.3, -0.25) is 0 Å². The Kier molecular flexibility index (Phi) is 4.67. The van der Waals surface area contributed by atoms with Crippen LogP contribution in [-0.4, -0.2) is 28.0 Å². The van der Waals surface area contributed by atoms with Gasteiger partial charge >= 0.3 is 0 Å². The Balaban J connectivity index is 1.72. The van der Waals surface area contributed by atoms with E-state index in [1.54, 1.807) is 0 Å². The molecule has 0 amide bonds. The predicted octanol–water partition coefficient (Wildman–Crippen LogP) is 5.86. The molecule has 3 aromatic heterocycles. The van der Waals surface area contributed by atoms with Gasteiger partial charge in [0.25, 0.3) is 0 Å². The smallest absolute Gasteiger partial charge is 0.138 e. The largest absolute Gasteiger partial charge is 0.354 e. The van der Waals surface area contributed by atoms with Crippen LogP contribution in [0.25, 0.3) is 33.2 Å². The lowest BCUT2D eigenvalue weighted by Crippen LogP contribution is -2.26. The highest BCUT2D eigenvalue weighted by Crippen LogP contribution is 2.40. The molecule has 0 spiro atoms. The van der Waals surface area contributed by atoms with Crippen molar-refractivity contribution in [1.82, 2.24) is 20.3 Å². The number of H-pyrrole nitrogens is 2. The number of aromatic amines is 2. The molecule has 29 heavy (non-hydrogen) atoms. The molecule has 1 aliphatic rings. The van der Waals surface area contributed by atoms with Gasteiger partial charge in [0.15, 0.2) is 0 Å². The molecule has 4 heteroatoms. The van der Waals surface area contributed by atoms with Gasteiger partial charge in [-0.2, -0.15) is 0 Å². The molecule has 0 atom stereocenters. The van der Waals surface area contributed by atoms with Crippen molar-refractivity contribution in [2.75, 3.05) is 13.1 Å². The van der Waals surface area contributed by atoms with Crippen LogP contribution in [0.15, 0.2) is 36.7 Å². The van der Waals surface area contributed by atoms with Crippen LogP contribution in [0.3, 0.4) is 0 Å². The van der Waals surface area contributed by atoms with Crippen molar-refractivity contribution in [3.63, 3.8) is 0 Å². The van der Waals surface area contributed by atoms with Crippen molar-refractivity contribution in [3.8, 4) is 11.3 Å². The van der Waals surface area contributed by atoms with Crippen LogP contribution in [0.1, 0.15) is 62.1 Å². The van der Waals surface area contributed by atoms with E-state index in [1.807, 2.05) is 6.20 Å². The summed E-state index contributed by atoms with van der Waals surface area (Å²) in [6, 6.07) is 9.24. The van der Waals surface area contributed by atoms with Crippen LogP contribution in [0, 0.1) is 0 Å². The maximum Gasteiger partial charge on any atom is 0.138 e. The molecule has 1 saturated heterocycles. The molecule has 0 radical (unpaired) electrons. The molecule has 0 unspecified atom stereocenters. The van der Waals surface area contributed by atoms with Crippen molar-refractivity contribution in [1.29, 1.82) is 0 Å². The van der Waals surface area contributed by atoms with Crippen molar-refractivity contribution < 1.29 is 0 Å². The molecule has 5 rings (SSSR count). The van der Waals surface area contributed by atoms with Crippen molar-refractivity contribution in [2.45, 2.75) is 51.9 Å². The van der Waals surface area contributed by atoms with Gasteiger partial charge in [0.2, 0.25) is 0 Å². The van der Waals surface area contributed by atoms with E-state index in [0.717, 1.165) is 25.2 Å². The van der Waals surface area contributed by atoms with Gasteiger partial charge in [-0.05, 0) is 79.1 Å². The molecule has 1 aliphatic heterocycles. The van der Waals surface area contributed by atoms with E-state index in [2.05, 4.69) is 71.5 Å². The fourth-order valence-electron chi connectivity index (χ4n) is 5.06. The van der Waals surface area contributed by atoms with E-state index in [0.29, 0.717) is 11.8 Å². The number of benzene rings is 1. The van der Waals surface area contributed by atoms with Crippen LogP contribution in [0.2, 0.25) is 0 Å². The molecule has 4 heterocycles. The molecule has 0 bridgehead atoms. The normalized spacial score (nSPS) is 15.7. The topological polar surface area (TPSA) is 56.5 Å². The fraction of sp³-hybridized carbons (Fsp3) is 0.400. The molecule has 3 N–H and O–H groups in total. The molecule has 0 aliphatic carbocycles. The number of fused-ring (bicyclic) bond motifs is 2. The first kappa shape index (κ1) is 18.4. The molecule has 1 aromatic carbocycles. The maximum absolute atomic E-state index is 4.56. The first-order valence-electron chi connectivity index (χ1n) is 11.0. The Labute approximate surface area is 172 Å². The van der Waals surface area contributed by atoms with E-state index >= 15 is 0 Å². The summed E-state index contributed by atoms with van der Waals surface area (Å²) < 4.78 is 0. The third-order valence-corrected chi connectivity index (χ3v) is 6.56. The van der Waals surface area contributed by atoms with E-state index in [-0.39, 0.29) is 0 Å². The molecule has 4 nitrogen and oxygen atoms in total. The highest BCUT2D eigenvalue weighted by Gasteiger charge is 2.21. The number of aryl methyl sites for hydroxylation is 1. The maximum atomic E-state index is 4.56. The Hall–Kier alpha value is -2.59. The molecule has 0 saturated carbocycles. The minimum Gasteiger partial charge on any atom is -0.354 e. The van der Waals surface area contributed by atoms with Crippen LogP contribution < -0.4 is 5.32 Å². The summed E-state index contributed by atoms with van der Waals surface area (Å²) in [6.07, 6.45) is 7.48. The average Bonchev–Trinajstić information content (AvgIpc) is 3.35. The number of pyridine rings is 1. The molecule has 1 fully saturated rings. The van der Waals surface area contributed by atoms with Crippen LogP contribution >= 0.6 is 0 Å². The summed E-state index contributed by atoms with van der Waals surface area (Å²) in [5.41, 5.74) is 8.96. The molecular formula is C25H30N4. The lowest BCUT2D eigenvalue weighted by Gasteiger charge is -2.23. The zero-order valence-corrected chi connectivity index (χ0v) is 17.6. The monoisotopic (exact) mass is 386 g/mol. The van der Waals surface area contributed by atoms with E-state index in [9.17, 15) is 0 Å². The molecular weight excluding hydrogens is 356 g/mol. The summed E-state index contributed by atoms with van der Waals surface area (Å²) in [4.78, 5) is 11.7. The summed E-state index contributed by atoms with van der Waals surface area (Å²) in [5.74, 6) is 1.11. The van der Waals surface area contributed by atoms with Gasteiger partial charge < -0.3 is 15.3 Å². The number of hydrogen-bond donors (Lipinski definition) is 3. The third kappa shape index (κ3) is 3.06. The highest BCUT2D eigenvalue weighted by atomic mass is 14.9. The number of nitrogens with one attached hydrogen (secondary N) is 3. The van der Waals surface area contributed by atoms with Crippen molar-refractivity contribution >= 4 is 21.9 Å². The minimum absolute atomic E-state index is 0.439. The Morgan fingerprint density at radius 2 is 1.97 bits per heavy atom. The molecule has 150 valence electrons. The third-order valence-electron chi connectivity index (χ3n) is 6.56. The van der Waals surface area contributed by atoms with Gasteiger partial charge in [0.05, 0.1) is 5.69 Å². The van der Waals surface area contributed by atoms with Crippen LogP contribution in [0.4, 0.5) is 0 Å². The van der Waals surface area contributed by atoms with Gasteiger partial charge in [-0.15, -0.1) is 0 Å². The van der Waals surface area contributed by atoms with Gasteiger partial charge in [0.1, 0.15) is 5.65 Å². The zero-order valence-electron chi connectivity index (χ0n) is 17.6. The first-order chi connectivity index (χ1) is 14.2. The Bertz CT molecular complexity index is 1160. The van der Waals surface area contributed by atoms with E-state index < -0.39 is 0 Å². The highest BCUT2D eigenvalue weighted by molar-refractivity contribution is 6.00. The lowest BCUT2D eigenvalue weighted by molar-refractivity contribution is 0.460. The first-order valence-corrected chi connectivity index (χ1v) is 11.0. The summed E-state index contributed by atoms with van der Waals surface area (Å²) >= 11 is 0. The van der Waals surface area contributed by atoms with E-state index in [4.69, 9.17) is 0 Å². The van der Waals surface area contributed by atoms with Crippen LogP contribution in [0.5, 0.6) is 0 Å². The number of piperidine rings is 1. The summed E-state index contributed by atoms with van der Waals surface area (Å²) in [6.45, 7) is 9.07. The van der Waals surface area contributed by atoms with Crippen molar-refractivity contribution in [3.05, 3.63) is 53.3 Å². The predicted molar refractivity (Wildman–Crippen MR) is 122 cm³/mol. The lowest BCUT2D eigenvalue weighted by atomic mass is 9.88. The van der Waals surface area contributed by atoms with Gasteiger partial charge in [0, 0.05) is 34.2 Å². The zero-order chi connectivity index (χ0) is 20.0. The van der Waals surface area contributed by atoms with Crippen LogP contribution in [-0.2, 0) is 6.42 Å². The quantitative estimate of drug-likeness (QED) is 0.411. The van der Waals surface area contributed by atoms with Crippen molar-refractivity contribution in [2.24, 2.45) is 0 Å².